The van der Waals surface area contributed by atoms with Crippen LogP contribution in [-0.4, -0.2) is 24.7 Å². The standard InChI is InChI=1S/C18H24BrN3O3/c1-11(12-6-7-14(24-5)13(19)8-12)20-10-16(23)21-17-9-15(22-25-17)18(2,3)4/h6-9,11,20H,10H2,1-5H3,(H,21,23)/t11-/m1/s1. The van der Waals surface area contributed by atoms with Crippen molar-refractivity contribution >= 4 is 27.7 Å². The van der Waals surface area contributed by atoms with Gasteiger partial charge in [0.2, 0.25) is 11.8 Å². The average Bonchev–Trinajstić information content (AvgIpc) is 3.01. The highest BCUT2D eigenvalue weighted by molar-refractivity contribution is 9.10. The zero-order chi connectivity index (χ0) is 18.6. The van der Waals surface area contributed by atoms with Gasteiger partial charge in [0, 0.05) is 17.5 Å². The maximum absolute atomic E-state index is 12.1. The van der Waals surface area contributed by atoms with Crippen LogP contribution in [0.1, 0.15) is 45.0 Å². The average molecular weight is 410 g/mol. The number of carbonyl (C=O) groups is 1. The van der Waals surface area contributed by atoms with Gasteiger partial charge in [-0.15, -0.1) is 0 Å². The number of amides is 1. The summed E-state index contributed by atoms with van der Waals surface area (Å²) < 4.78 is 11.3. The molecule has 0 unspecified atom stereocenters. The SMILES string of the molecule is COc1ccc([C@@H](C)NCC(=O)Nc2cc(C(C)(C)C)no2)cc1Br. The fourth-order valence-electron chi connectivity index (χ4n) is 2.18. The van der Waals surface area contributed by atoms with Crippen molar-refractivity contribution in [2.45, 2.75) is 39.2 Å². The third-order valence-electron chi connectivity index (χ3n) is 3.79. The van der Waals surface area contributed by atoms with E-state index in [4.69, 9.17) is 9.26 Å². The normalized spacial score (nSPS) is 12.7. The lowest BCUT2D eigenvalue weighted by Crippen LogP contribution is -2.30. The van der Waals surface area contributed by atoms with Gasteiger partial charge in [0.25, 0.3) is 0 Å². The van der Waals surface area contributed by atoms with E-state index in [0.29, 0.717) is 5.88 Å². The largest absolute Gasteiger partial charge is 0.496 e. The minimum atomic E-state index is -0.184. The second kappa shape index (κ2) is 8.01. The molecule has 1 aromatic heterocycles. The van der Waals surface area contributed by atoms with Crippen molar-refractivity contribution in [3.63, 3.8) is 0 Å². The van der Waals surface area contributed by atoms with Gasteiger partial charge in [0.1, 0.15) is 5.75 Å². The summed E-state index contributed by atoms with van der Waals surface area (Å²) >= 11 is 3.47. The van der Waals surface area contributed by atoms with Crippen molar-refractivity contribution in [2.75, 3.05) is 19.0 Å². The first-order chi connectivity index (χ1) is 11.7. The molecular formula is C18H24BrN3O3. The van der Waals surface area contributed by atoms with Crippen molar-refractivity contribution in [2.24, 2.45) is 0 Å². The second-order valence-corrected chi connectivity index (χ2v) is 7.73. The van der Waals surface area contributed by atoms with Crippen molar-refractivity contribution < 1.29 is 14.1 Å². The smallest absolute Gasteiger partial charge is 0.240 e. The van der Waals surface area contributed by atoms with Gasteiger partial charge in [-0.1, -0.05) is 32.0 Å². The summed E-state index contributed by atoms with van der Waals surface area (Å²) in [6, 6.07) is 7.58. The van der Waals surface area contributed by atoms with Crippen LogP contribution in [0.4, 0.5) is 5.88 Å². The fourth-order valence-corrected chi connectivity index (χ4v) is 2.74. The summed E-state index contributed by atoms with van der Waals surface area (Å²) in [7, 11) is 1.63. The number of aromatic nitrogens is 1. The first-order valence-corrected chi connectivity index (χ1v) is 8.84. The van der Waals surface area contributed by atoms with Gasteiger partial charge in [0.15, 0.2) is 0 Å². The summed E-state index contributed by atoms with van der Waals surface area (Å²) in [5.74, 6) is 0.946. The van der Waals surface area contributed by atoms with Crippen LogP contribution in [0.2, 0.25) is 0 Å². The van der Waals surface area contributed by atoms with Gasteiger partial charge in [0.05, 0.1) is 23.8 Å². The molecule has 7 heteroatoms. The Morgan fingerprint density at radius 2 is 2.08 bits per heavy atom. The number of benzene rings is 1. The molecule has 0 aliphatic rings. The minimum Gasteiger partial charge on any atom is -0.496 e. The predicted octanol–water partition coefficient (Wildman–Crippen LogP) is 4.03. The number of hydrogen-bond donors (Lipinski definition) is 2. The molecule has 0 aliphatic carbocycles. The molecule has 2 N–H and O–H groups in total. The molecule has 0 saturated heterocycles. The molecule has 2 rings (SSSR count). The Hall–Kier alpha value is -1.86. The predicted molar refractivity (Wildman–Crippen MR) is 101 cm³/mol. The van der Waals surface area contributed by atoms with Gasteiger partial charge < -0.3 is 14.6 Å². The van der Waals surface area contributed by atoms with Crippen molar-refractivity contribution in [3.05, 3.63) is 40.0 Å². The third-order valence-corrected chi connectivity index (χ3v) is 4.41. The number of ether oxygens (including phenoxy) is 1. The highest BCUT2D eigenvalue weighted by atomic mass is 79.9. The Balaban J connectivity index is 1.89. The monoisotopic (exact) mass is 409 g/mol. The molecule has 0 saturated carbocycles. The quantitative estimate of drug-likeness (QED) is 0.752. The molecule has 0 spiro atoms. The van der Waals surface area contributed by atoms with Crippen LogP contribution in [0.3, 0.4) is 0 Å². The molecule has 25 heavy (non-hydrogen) atoms. The van der Waals surface area contributed by atoms with E-state index in [9.17, 15) is 4.79 Å². The van der Waals surface area contributed by atoms with Crippen molar-refractivity contribution in [1.82, 2.24) is 10.5 Å². The van der Waals surface area contributed by atoms with Crippen molar-refractivity contribution in [3.8, 4) is 5.75 Å². The van der Waals surface area contributed by atoms with E-state index < -0.39 is 0 Å². The third kappa shape index (κ3) is 5.31. The fraction of sp³-hybridized carbons (Fsp3) is 0.444. The maximum Gasteiger partial charge on any atom is 0.240 e. The van der Waals surface area contributed by atoms with E-state index in [-0.39, 0.29) is 23.9 Å². The van der Waals surface area contributed by atoms with E-state index in [0.717, 1.165) is 21.5 Å². The number of anilines is 1. The highest BCUT2D eigenvalue weighted by Gasteiger charge is 2.19. The minimum absolute atomic E-state index is 0.00724. The van der Waals surface area contributed by atoms with E-state index in [2.05, 4.69) is 31.7 Å². The van der Waals surface area contributed by atoms with E-state index in [1.54, 1.807) is 13.2 Å². The Kier molecular flexibility index (Phi) is 6.24. The summed E-state index contributed by atoms with van der Waals surface area (Å²) in [5, 5.41) is 9.88. The number of halogens is 1. The lowest BCUT2D eigenvalue weighted by atomic mass is 9.92. The summed E-state index contributed by atoms with van der Waals surface area (Å²) in [5.41, 5.74) is 1.73. The molecule has 1 atom stereocenters. The number of methoxy groups -OCH3 is 1. The van der Waals surface area contributed by atoms with E-state index >= 15 is 0 Å². The van der Waals surface area contributed by atoms with Gasteiger partial charge in [-0.3, -0.25) is 10.1 Å². The van der Waals surface area contributed by atoms with Gasteiger partial charge >= 0.3 is 0 Å². The Labute approximate surface area is 156 Å². The lowest BCUT2D eigenvalue weighted by Gasteiger charge is -2.15. The van der Waals surface area contributed by atoms with Crippen LogP contribution in [-0.2, 0) is 10.2 Å². The summed E-state index contributed by atoms with van der Waals surface area (Å²) in [4.78, 5) is 12.1. The molecular weight excluding hydrogens is 386 g/mol. The van der Waals surface area contributed by atoms with E-state index in [1.807, 2.05) is 45.9 Å². The number of hydrogen-bond acceptors (Lipinski definition) is 5. The lowest BCUT2D eigenvalue weighted by molar-refractivity contribution is -0.115. The zero-order valence-corrected chi connectivity index (χ0v) is 16.7. The van der Waals surface area contributed by atoms with Crippen LogP contribution in [0.15, 0.2) is 33.3 Å². The molecule has 0 bridgehead atoms. The van der Waals surface area contributed by atoms with Gasteiger partial charge in [-0.05, 0) is 40.5 Å². The van der Waals surface area contributed by atoms with Crippen LogP contribution in [0.5, 0.6) is 5.75 Å². The molecule has 0 fully saturated rings. The summed E-state index contributed by atoms with van der Waals surface area (Å²) in [6.07, 6.45) is 0. The van der Waals surface area contributed by atoms with E-state index in [1.165, 1.54) is 0 Å². The number of carbonyl (C=O) groups excluding carboxylic acids is 1. The first kappa shape index (κ1) is 19.5. The van der Waals surface area contributed by atoms with Gasteiger partial charge in [-0.25, -0.2) is 0 Å². The highest BCUT2D eigenvalue weighted by Crippen LogP contribution is 2.28. The topological polar surface area (TPSA) is 76.4 Å². The molecule has 1 heterocycles. The maximum atomic E-state index is 12.1. The molecule has 0 radical (unpaired) electrons. The molecule has 6 nitrogen and oxygen atoms in total. The molecule has 1 aromatic carbocycles. The Bertz CT molecular complexity index is 737. The first-order valence-electron chi connectivity index (χ1n) is 8.04. The Morgan fingerprint density at radius 1 is 1.36 bits per heavy atom. The number of nitrogens with zero attached hydrogens (tertiary/aromatic N) is 1. The van der Waals surface area contributed by atoms with Crippen LogP contribution >= 0.6 is 15.9 Å². The van der Waals surface area contributed by atoms with Crippen LogP contribution < -0.4 is 15.4 Å². The number of rotatable bonds is 6. The molecule has 0 aliphatic heterocycles. The van der Waals surface area contributed by atoms with Crippen LogP contribution in [0.25, 0.3) is 0 Å². The molecule has 2 aromatic rings. The molecule has 1 amide bonds. The summed E-state index contributed by atoms with van der Waals surface area (Å²) in [6.45, 7) is 8.26. The number of nitrogens with one attached hydrogen (secondary N) is 2. The zero-order valence-electron chi connectivity index (χ0n) is 15.1. The second-order valence-electron chi connectivity index (χ2n) is 6.87. The van der Waals surface area contributed by atoms with Crippen LogP contribution in [0, 0.1) is 0 Å². The van der Waals surface area contributed by atoms with Crippen molar-refractivity contribution in [1.29, 1.82) is 0 Å². The van der Waals surface area contributed by atoms with Gasteiger partial charge in [-0.2, -0.15) is 0 Å². The molecule has 136 valence electrons. The Morgan fingerprint density at radius 3 is 2.64 bits per heavy atom.